The van der Waals surface area contributed by atoms with Crippen LogP contribution in [0.4, 0.5) is 4.39 Å². The monoisotopic (exact) mass is 267 g/mol. The van der Waals surface area contributed by atoms with Crippen LogP contribution in [-0.2, 0) is 0 Å². The molecule has 0 aliphatic carbocycles. The summed E-state index contributed by atoms with van der Waals surface area (Å²) in [5.74, 6) is -0.508. The van der Waals surface area contributed by atoms with Crippen LogP contribution in [0.3, 0.4) is 0 Å². The molecule has 5 nitrogen and oxygen atoms in total. The Hall–Kier alpha value is -1.82. The van der Waals surface area contributed by atoms with E-state index >= 15 is 0 Å². The third-order valence-electron chi connectivity index (χ3n) is 3.30. The SMILES string of the molecule is CN1CCC(Oc2cccc(F)c2C(N)=NO)CC1. The molecule has 19 heavy (non-hydrogen) atoms. The molecule has 3 N–H and O–H groups in total. The van der Waals surface area contributed by atoms with Gasteiger partial charge in [0.2, 0.25) is 0 Å². The standard InChI is InChI=1S/C13H18FN3O2/c1-17-7-5-9(6-8-17)19-11-4-2-3-10(14)12(11)13(15)16-18/h2-4,9,18H,5-8H2,1H3,(H2,15,16). The summed E-state index contributed by atoms with van der Waals surface area (Å²) >= 11 is 0. The van der Waals surface area contributed by atoms with Crippen LogP contribution in [-0.4, -0.2) is 42.2 Å². The van der Waals surface area contributed by atoms with Crippen molar-refractivity contribution in [3.05, 3.63) is 29.6 Å². The predicted octanol–water partition coefficient (Wildman–Crippen LogP) is 1.39. The van der Waals surface area contributed by atoms with Gasteiger partial charge in [-0.05, 0) is 32.0 Å². The van der Waals surface area contributed by atoms with Crippen molar-refractivity contribution in [1.82, 2.24) is 4.90 Å². The highest BCUT2D eigenvalue weighted by atomic mass is 19.1. The summed E-state index contributed by atoms with van der Waals surface area (Å²) in [6.07, 6.45) is 1.79. The van der Waals surface area contributed by atoms with Crippen molar-refractivity contribution >= 4 is 5.84 Å². The van der Waals surface area contributed by atoms with Gasteiger partial charge in [0, 0.05) is 13.1 Å². The zero-order valence-electron chi connectivity index (χ0n) is 10.8. The Bertz CT molecular complexity index is 471. The normalized spacial score (nSPS) is 18.5. The fourth-order valence-electron chi connectivity index (χ4n) is 2.18. The Kier molecular flexibility index (Phi) is 4.21. The molecule has 1 saturated heterocycles. The van der Waals surface area contributed by atoms with E-state index in [4.69, 9.17) is 15.7 Å². The zero-order valence-corrected chi connectivity index (χ0v) is 10.8. The number of oxime groups is 1. The summed E-state index contributed by atoms with van der Waals surface area (Å²) in [5.41, 5.74) is 5.51. The molecule has 6 heteroatoms. The van der Waals surface area contributed by atoms with Crippen LogP contribution in [0.1, 0.15) is 18.4 Å². The maximum atomic E-state index is 13.7. The molecule has 2 rings (SSSR count). The molecule has 1 aliphatic rings. The van der Waals surface area contributed by atoms with E-state index in [0.717, 1.165) is 25.9 Å². The second-order valence-electron chi connectivity index (χ2n) is 4.72. The molecule has 1 heterocycles. The van der Waals surface area contributed by atoms with Gasteiger partial charge >= 0.3 is 0 Å². The molecule has 0 radical (unpaired) electrons. The van der Waals surface area contributed by atoms with Gasteiger partial charge in [-0.1, -0.05) is 11.2 Å². The third-order valence-corrected chi connectivity index (χ3v) is 3.30. The predicted molar refractivity (Wildman–Crippen MR) is 70.1 cm³/mol. The van der Waals surface area contributed by atoms with Gasteiger partial charge in [-0.15, -0.1) is 0 Å². The molecule has 104 valence electrons. The van der Waals surface area contributed by atoms with E-state index in [9.17, 15) is 4.39 Å². The van der Waals surface area contributed by atoms with Crippen molar-refractivity contribution in [2.45, 2.75) is 18.9 Å². The molecular formula is C13H18FN3O2. The molecule has 0 spiro atoms. The molecule has 1 aromatic rings. The summed E-state index contributed by atoms with van der Waals surface area (Å²) in [7, 11) is 2.06. The number of ether oxygens (including phenoxy) is 1. The fraction of sp³-hybridized carbons (Fsp3) is 0.462. The molecule has 0 bridgehead atoms. The number of halogens is 1. The molecule has 1 fully saturated rings. The molecule has 1 aliphatic heterocycles. The summed E-state index contributed by atoms with van der Waals surface area (Å²) in [4.78, 5) is 2.22. The minimum Gasteiger partial charge on any atom is -0.489 e. The zero-order chi connectivity index (χ0) is 13.8. The molecule has 0 unspecified atom stereocenters. The van der Waals surface area contributed by atoms with E-state index in [1.807, 2.05) is 0 Å². The number of hydrogen-bond donors (Lipinski definition) is 2. The number of amidine groups is 1. The van der Waals surface area contributed by atoms with Crippen LogP contribution in [0.5, 0.6) is 5.75 Å². The smallest absolute Gasteiger partial charge is 0.176 e. The highest BCUT2D eigenvalue weighted by Gasteiger charge is 2.21. The van der Waals surface area contributed by atoms with Gasteiger partial charge in [-0.25, -0.2) is 4.39 Å². The fourth-order valence-corrected chi connectivity index (χ4v) is 2.18. The molecule has 0 aromatic heterocycles. The Morgan fingerprint density at radius 1 is 1.47 bits per heavy atom. The number of hydrogen-bond acceptors (Lipinski definition) is 4. The van der Waals surface area contributed by atoms with Crippen molar-refractivity contribution in [2.24, 2.45) is 10.9 Å². The first-order valence-corrected chi connectivity index (χ1v) is 6.23. The largest absolute Gasteiger partial charge is 0.489 e. The Labute approximate surface area is 111 Å². The number of nitrogens with two attached hydrogens (primary N) is 1. The molecule has 0 atom stereocenters. The van der Waals surface area contributed by atoms with E-state index in [1.54, 1.807) is 12.1 Å². The van der Waals surface area contributed by atoms with Crippen molar-refractivity contribution in [2.75, 3.05) is 20.1 Å². The van der Waals surface area contributed by atoms with E-state index in [0.29, 0.717) is 5.75 Å². The highest BCUT2D eigenvalue weighted by Crippen LogP contribution is 2.25. The minimum atomic E-state index is -0.555. The average molecular weight is 267 g/mol. The maximum Gasteiger partial charge on any atom is 0.176 e. The maximum absolute atomic E-state index is 13.7. The summed E-state index contributed by atoms with van der Waals surface area (Å²) < 4.78 is 19.5. The van der Waals surface area contributed by atoms with Crippen LogP contribution in [0.15, 0.2) is 23.4 Å². The second kappa shape index (κ2) is 5.88. The van der Waals surface area contributed by atoms with Crippen molar-refractivity contribution in [3.63, 3.8) is 0 Å². The van der Waals surface area contributed by atoms with Crippen LogP contribution in [0.25, 0.3) is 0 Å². The van der Waals surface area contributed by atoms with E-state index in [-0.39, 0.29) is 17.5 Å². The number of piperidine rings is 1. The molecule has 0 amide bonds. The first-order valence-electron chi connectivity index (χ1n) is 6.23. The average Bonchev–Trinajstić information content (AvgIpc) is 2.41. The number of likely N-dealkylation sites (tertiary alicyclic amines) is 1. The Balaban J connectivity index is 2.18. The quantitative estimate of drug-likeness (QED) is 0.376. The van der Waals surface area contributed by atoms with E-state index in [1.165, 1.54) is 6.07 Å². The van der Waals surface area contributed by atoms with Crippen molar-refractivity contribution in [1.29, 1.82) is 0 Å². The van der Waals surface area contributed by atoms with Crippen LogP contribution in [0.2, 0.25) is 0 Å². The lowest BCUT2D eigenvalue weighted by molar-refractivity contribution is 0.114. The Morgan fingerprint density at radius 2 is 2.16 bits per heavy atom. The highest BCUT2D eigenvalue weighted by molar-refractivity contribution is 5.99. The first-order chi connectivity index (χ1) is 9.11. The lowest BCUT2D eigenvalue weighted by atomic mass is 10.1. The van der Waals surface area contributed by atoms with Gasteiger partial charge in [0.15, 0.2) is 5.84 Å². The van der Waals surface area contributed by atoms with Crippen molar-refractivity contribution < 1.29 is 14.3 Å². The van der Waals surface area contributed by atoms with Gasteiger partial charge in [0.05, 0.1) is 5.56 Å². The number of nitrogens with zero attached hydrogens (tertiary/aromatic N) is 2. The van der Waals surface area contributed by atoms with E-state index in [2.05, 4.69) is 17.1 Å². The van der Waals surface area contributed by atoms with Gasteiger partial charge < -0.3 is 20.6 Å². The number of benzene rings is 1. The third kappa shape index (κ3) is 3.14. The lowest BCUT2D eigenvalue weighted by Gasteiger charge is -2.29. The second-order valence-corrected chi connectivity index (χ2v) is 4.72. The number of rotatable bonds is 3. The van der Waals surface area contributed by atoms with Gasteiger partial charge in [-0.3, -0.25) is 0 Å². The topological polar surface area (TPSA) is 71.1 Å². The lowest BCUT2D eigenvalue weighted by Crippen LogP contribution is -2.36. The van der Waals surface area contributed by atoms with Gasteiger partial charge in [0.1, 0.15) is 17.7 Å². The van der Waals surface area contributed by atoms with Crippen LogP contribution < -0.4 is 10.5 Å². The van der Waals surface area contributed by atoms with Gasteiger partial charge in [0.25, 0.3) is 0 Å². The summed E-state index contributed by atoms with van der Waals surface area (Å²) in [5, 5.41) is 11.6. The summed E-state index contributed by atoms with van der Waals surface area (Å²) in [6, 6.07) is 4.44. The van der Waals surface area contributed by atoms with E-state index < -0.39 is 5.82 Å². The molecule has 0 saturated carbocycles. The molecule has 1 aromatic carbocycles. The Morgan fingerprint density at radius 3 is 2.79 bits per heavy atom. The van der Waals surface area contributed by atoms with Crippen LogP contribution in [0, 0.1) is 5.82 Å². The van der Waals surface area contributed by atoms with Gasteiger partial charge in [-0.2, -0.15) is 0 Å². The van der Waals surface area contributed by atoms with Crippen LogP contribution >= 0.6 is 0 Å². The first kappa shape index (κ1) is 13.6. The van der Waals surface area contributed by atoms with Crippen molar-refractivity contribution in [3.8, 4) is 5.75 Å². The summed E-state index contributed by atoms with van der Waals surface area (Å²) in [6.45, 7) is 1.89. The minimum absolute atomic E-state index is 0.0175. The molecular weight excluding hydrogens is 249 g/mol.